The lowest BCUT2D eigenvalue weighted by Gasteiger charge is -2.34. The SMILES string of the molecule is BC(B)(O[PH](=O)N[C@@H](C)C(=O)OC(C)C)C1O[C@@H](n2ccc3c(=O)[nH]c(N)nc32)C(O)(C#CCl)[C@H]1O. The molecule has 1 saturated heterocycles. The van der Waals surface area contributed by atoms with Crippen LogP contribution in [-0.2, 0) is 23.4 Å². The Kier molecular flexibility index (Phi) is 8.32. The number of aliphatic hydroxyl groups is 2. The summed E-state index contributed by atoms with van der Waals surface area (Å²) in [5, 5.41) is 25.7. The Morgan fingerprint density at radius 2 is 2.17 bits per heavy atom. The molecular weight excluding hydrogens is 514 g/mol. The van der Waals surface area contributed by atoms with Crippen LogP contribution in [0.5, 0.6) is 0 Å². The van der Waals surface area contributed by atoms with E-state index in [9.17, 15) is 24.4 Å². The number of fused-ring (bicyclic) bond motifs is 1. The number of nitrogens with one attached hydrogen (secondary N) is 2. The van der Waals surface area contributed by atoms with E-state index in [0.717, 1.165) is 0 Å². The van der Waals surface area contributed by atoms with Gasteiger partial charge in [-0.25, -0.2) is 5.09 Å². The van der Waals surface area contributed by atoms with Crippen molar-refractivity contribution in [2.45, 2.75) is 62.4 Å². The third kappa shape index (κ3) is 5.50. The number of hydrogen-bond donors (Lipinski definition) is 5. The molecule has 1 aliphatic rings. The highest BCUT2D eigenvalue weighted by molar-refractivity contribution is 7.37. The second-order valence-corrected chi connectivity index (χ2v) is 10.4. The molecule has 13 nitrogen and oxygen atoms in total. The molecule has 6 N–H and O–H groups in total. The molecule has 0 aromatic carbocycles. The monoisotopic (exact) mass is 541 g/mol. The van der Waals surface area contributed by atoms with Crippen molar-refractivity contribution in [1.29, 1.82) is 0 Å². The minimum absolute atomic E-state index is 0.0651. The zero-order valence-electron chi connectivity index (χ0n) is 20.2. The zero-order chi connectivity index (χ0) is 27.0. The van der Waals surface area contributed by atoms with Crippen molar-refractivity contribution in [3.05, 3.63) is 22.6 Å². The van der Waals surface area contributed by atoms with Gasteiger partial charge in [0.25, 0.3) is 13.7 Å². The second kappa shape index (κ2) is 10.6. The number of aromatic amines is 1. The highest BCUT2D eigenvalue weighted by atomic mass is 35.5. The molecule has 0 saturated carbocycles. The summed E-state index contributed by atoms with van der Waals surface area (Å²) in [6.07, 6.45) is -3.36. The molecule has 0 bridgehead atoms. The van der Waals surface area contributed by atoms with Gasteiger partial charge in [-0.2, -0.15) is 4.98 Å². The molecule has 6 atom stereocenters. The molecule has 1 aliphatic heterocycles. The number of H-pyrrole nitrogens is 1. The maximum absolute atomic E-state index is 12.7. The fourth-order valence-corrected chi connectivity index (χ4v) is 5.15. The van der Waals surface area contributed by atoms with Gasteiger partial charge in [0, 0.05) is 17.0 Å². The lowest BCUT2D eigenvalue weighted by atomic mass is 9.60. The predicted octanol–water partition coefficient (Wildman–Crippen LogP) is -2.25. The van der Waals surface area contributed by atoms with Crippen LogP contribution in [0.15, 0.2) is 17.1 Å². The molecular formula is C19H27B2ClN5O8P. The maximum Gasteiger partial charge on any atom is 0.323 e. The number of hydrogen-bond acceptors (Lipinski definition) is 10. The topological polar surface area (TPSA) is 191 Å². The molecule has 3 rings (SSSR count). The van der Waals surface area contributed by atoms with Crippen LogP contribution in [0.3, 0.4) is 0 Å². The molecule has 194 valence electrons. The Bertz CT molecular complexity index is 1290. The molecule has 2 aromatic rings. The predicted molar refractivity (Wildman–Crippen MR) is 137 cm³/mol. The normalized spacial score (nSPS) is 25.9. The molecule has 0 spiro atoms. The number of rotatable bonds is 8. The van der Waals surface area contributed by atoms with Gasteiger partial charge in [0.15, 0.2) is 11.9 Å². The van der Waals surface area contributed by atoms with Crippen LogP contribution >= 0.6 is 19.8 Å². The number of esters is 1. The van der Waals surface area contributed by atoms with E-state index in [1.807, 2.05) is 0 Å². The molecule has 36 heavy (non-hydrogen) atoms. The van der Waals surface area contributed by atoms with Gasteiger partial charge in [-0.05, 0) is 44.4 Å². The summed E-state index contributed by atoms with van der Waals surface area (Å²) in [7, 11) is -0.107. The fraction of sp³-hybridized carbons (Fsp3) is 0.526. The van der Waals surface area contributed by atoms with Crippen molar-refractivity contribution in [2.24, 2.45) is 0 Å². The van der Waals surface area contributed by atoms with Crippen molar-refractivity contribution in [3.8, 4) is 11.3 Å². The summed E-state index contributed by atoms with van der Waals surface area (Å²) in [5.41, 5.74) is 2.94. The lowest BCUT2D eigenvalue weighted by Crippen LogP contribution is -2.54. The Balaban J connectivity index is 1.90. The Labute approximate surface area is 213 Å². The summed E-state index contributed by atoms with van der Waals surface area (Å²) in [6.45, 7) is 4.83. The zero-order valence-corrected chi connectivity index (χ0v) is 22.0. The smallest absolute Gasteiger partial charge is 0.323 e. The first-order valence-corrected chi connectivity index (χ1v) is 12.7. The highest BCUT2D eigenvalue weighted by Gasteiger charge is 2.60. The summed E-state index contributed by atoms with van der Waals surface area (Å²) >= 11 is 5.58. The molecule has 1 fully saturated rings. The minimum atomic E-state index is -3.07. The second-order valence-electron chi connectivity index (χ2n) is 9.15. The summed E-state index contributed by atoms with van der Waals surface area (Å²) in [6, 6.07) is 0.497. The third-order valence-electron chi connectivity index (χ3n) is 5.57. The van der Waals surface area contributed by atoms with Gasteiger partial charge < -0.3 is 34.5 Å². The van der Waals surface area contributed by atoms with Gasteiger partial charge in [-0.15, -0.1) is 0 Å². The Hall–Kier alpha value is -2.30. The number of aliphatic hydroxyl groups excluding tert-OH is 1. The number of nitrogens with two attached hydrogens (primary N) is 1. The number of anilines is 1. The first kappa shape index (κ1) is 28.3. The van der Waals surface area contributed by atoms with Gasteiger partial charge >= 0.3 is 5.97 Å². The highest BCUT2D eigenvalue weighted by Crippen LogP contribution is 2.44. The van der Waals surface area contributed by atoms with E-state index in [1.54, 1.807) is 13.8 Å². The van der Waals surface area contributed by atoms with Crippen molar-refractivity contribution in [1.82, 2.24) is 19.6 Å². The molecule has 0 aliphatic carbocycles. The molecule has 2 aromatic heterocycles. The largest absolute Gasteiger partial charge is 0.462 e. The Morgan fingerprint density at radius 3 is 2.78 bits per heavy atom. The average Bonchev–Trinajstić information content (AvgIpc) is 3.26. The van der Waals surface area contributed by atoms with Gasteiger partial charge in [0.2, 0.25) is 11.5 Å². The number of ether oxygens (including phenoxy) is 2. The van der Waals surface area contributed by atoms with Crippen LogP contribution in [0.2, 0.25) is 0 Å². The molecule has 3 heterocycles. The standard InChI is InChI=1S/C19H27B2ClN5O8P/c1-8(2)33-15(30)9(3)26-36(32)35-19(20,21)12-11(28)18(31,5-6-22)16(34-12)27-7-4-10-13(27)24-17(23)25-14(10)29/h4,7-9,11-12,16,28,31,36H,20-21H2,1-3H3,(H,26,32)(H3,23,24,25,29)/t9-,11-,12?,16+,18?/m0/s1. The number of carbonyl (C=O) groups is 1. The number of carbonyl (C=O) groups excluding carboxylic acids is 1. The lowest BCUT2D eigenvalue weighted by molar-refractivity contribution is -0.149. The Morgan fingerprint density at radius 1 is 1.50 bits per heavy atom. The van der Waals surface area contributed by atoms with Crippen LogP contribution < -0.4 is 16.4 Å². The van der Waals surface area contributed by atoms with Crippen molar-refractivity contribution < 1.29 is 33.6 Å². The van der Waals surface area contributed by atoms with Crippen molar-refractivity contribution in [2.75, 3.05) is 5.73 Å². The maximum atomic E-state index is 12.7. The van der Waals surface area contributed by atoms with Gasteiger partial charge in [-0.3, -0.25) is 19.1 Å². The van der Waals surface area contributed by atoms with E-state index in [1.165, 1.54) is 39.4 Å². The van der Waals surface area contributed by atoms with E-state index < -0.39 is 55.2 Å². The minimum Gasteiger partial charge on any atom is -0.462 e. The van der Waals surface area contributed by atoms with Crippen LogP contribution in [0.1, 0.15) is 27.0 Å². The van der Waals surface area contributed by atoms with Gasteiger partial charge in [0.05, 0.1) is 11.5 Å². The first-order chi connectivity index (χ1) is 16.7. The summed E-state index contributed by atoms with van der Waals surface area (Å²) in [4.78, 5) is 30.7. The third-order valence-corrected chi connectivity index (χ3v) is 7.05. The van der Waals surface area contributed by atoms with E-state index in [0.29, 0.717) is 0 Å². The average molecular weight is 542 g/mol. The van der Waals surface area contributed by atoms with Crippen LogP contribution in [0.25, 0.3) is 11.0 Å². The number of halogens is 1. The van der Waals surface area contributed by atoms with Gasteiger partial charge in [-0.1, -0.05) is 0 Å². The number of aromatic nitrogens is 3. The van der Waals surface area contributed by atoms with E-state index in [4.69, 9.17) is 31.3 Å². The van der Waals surface area contributed by atoms with Crippen molar-refractivity contribution in [3.63, 3.8) is 0 Å². The fourth-order valence-electron chi connectivity index (χ4n) is 3.87. The molecule has 3 unspecified atom stereocenters. The molecule has 0 amide bonds. The summed E-state index contributed by atoms with van der Waals surface area (Å²) in [5.74, 6) is 1.56. The van der Waals surface area contributed by atoms with Gasteiger partial charge in [0.1, 0.15) is 33.9 Å². The number of nitrogens with zero attached hydrogens (tertiary/aromatic N) is 2. The van der Waals surface area contributed by atoms with E-state index in [2.05, 4.69) is 26.4 Å². The quantitative estimate of drug-likeness (QED) is 0.105. The summed E-state index contributed by atoms with van der Waals surface area (Å²) < 4.78 is 30.7. The van der Waals surface area contributed by atoms with Crippen LogP contribution in [-0.4, -0.2) is 81.8 Å². The van der Waals surface area contributed by atoms with Crippen LogP contribution in [0, 0.1) is 11.3 Å². The first-order valence-electron chi connectivity index (χ1n) is 11.0. The molecule has 17 heteroatoms. The molecule has 0 radical (unpaired) electrons. The van der Waals surface area contributed by atoms with Crippen molar-refractivity contribution >= 4 is 58.4 Å². The number of nitrogen functional groups attached to an aromatic ring is 1. The van der Waals surface area contributed by atoms with E-state index in [-0.39, 0.29) is 23.1 Å². The van der Waals surface area contributed by atoms with Crippen LogP contribution in [0.4, 0.5) is 5.95 Å². The van der Waals surface area contributed by atoms with E-state index >= 15 is 0 Å².